The summed E-state index contributed by atoms with van der Waals surface area (Å²) in [5, 5.41) is 5.34. The van der Waals surface area contributed by atoms with Crippen LogP contribution >= 0.6 is 22.6 Å². The molecule has 0 spiro atoms. The first kappa shape index (κ1) is 15.9. The first-order valence-electron chi connectivity index (χ1n) is 7.61. The number of nitrogens with one attached hydrogen (secondary N) is 1. The summed E-state index contributed by atoms with van der Waals surface area (Å²) in [6.45, 7) is 5.04. The van der Waals surface area contributed by atoms with Crippen LogP contribution in [0.1, 0.15) is 6.42 Å². The van der Waals surface area contributed by atoms with Crippen LogP contribution in [0, 0.1) is 3.57 Å². The Balaban J connectivity index is 1.50. The van der Waals surface area contributed by atoms with E-state index in [4.69, 9.17) is 4.74 Å². The number of fused-ring (bicyclic) bond motifs is 1. The van der Waals surface area contributed by atoms with Gasteiger partial charge in [0, 0.05) is 28.4 Å². The quantitative estimate of drug-likeness (QED) is 0.687. The average Bonchev–Trinajstić information content (AvgIpc) is 2.91. The van der Waals surface area contributed by atoms with Crippen molar-refractivity contribution in [2.45, 2.75) is 6.42 Å². The molecule has 1 N–H and O–H groups in total. The Bertz CT molecular complexity index is 668. The molecule has 0 aromatic heterocycles. The van der Waals surface area contributed by atoms with Crippen molar-refractivity contribution in [2.24, 2.45) is 4.99 Å². The maximum Gasteiger partial charge on any atom is 0.234 e. The monoisotopic (exact) mass is 413 g/mol. The largest absolute Gasteiger partial charge is 0.379 e. The summed E-state index contributed by atoms with van der Waals surface area (Å²) in [5.74, 6) is 0.0975. The van der Waals surface area contributed by atoms with E-state index in [-0.39, 0.29) is 5.91 Å². The molecule has 2 aliphatic rings. The van der Waals surface area contributed by atoms with Crippen molar-refractivity contribution in [1.29, 1.82) is 0 Å². The molecule has 1 aromatic carbocycles. The summed E-state index contributed by atoms with van der Waals surface area (Å²) in [5.41, 5.74) is 1.32. The van der Waals surface area contributed by atoms with Gasteiger partial charge in [0.2, 0.25) is 5.91 Å². The predicted octanol–water partition coefficient (Wildman–Crippen LogP) is -0.0864. The molecule has 0 radical (unpaired) electrons. The molecule has 3 rings (SSSR count). The van der Waals surface area contributed by atoms with Crippen LogP contribution in [-0.2, 0) is 9.53 Å². The van der Waals surface area contributed by atoms with Gasteiger partial charge in [0.15, 0.2) is 0 Å². The maximum atomic E-state index is 12.0. The zero-order valence-electron chi connectivity index (χ0n) is 12.5. The number of nitrogens with zero attached hydrogens (tertiary/aromatic N) is 2. The highest BCUT2D eigenvalue weighted by molar-refractivity contribution is 14.1. The highest BCUT2D eigenvalue weighted by atomic mass is 127. The number of ether oxygens (including phenoxy) is 1. The van der Waals surface area contributed by atoms with E-state index in [1.807, 2.05) is 0 Å². The van der Waals surface area contributed by atoms with Gasteiger partial charge in [-0.2, -0.15) is 0 Å². The van der Waals surface area contributed by atoms with Crippen molar-refractivity contribution < 1.29 is 9.53 Å². The Labute approximate surface area is 143 Å². The number of amides is 1. The Morgan fingerprint density at radius 1 is 1.36 bits per heavy atom. The molecule has 1 amide bonds. The summed E-state index contributed by atoms with van der Waals surface area (Å²) >= 11 is 2.32. The Hall–Kier alpha value is -0.990. The van der Waals surface area contributed by atoms with E-state index in [1.165, 1.54) is 14.4 Å². The molecule has 0 saturated carbocycles. The third-order valence-electron chi connectivity index (χ3n) is 4.00. The number of rotatable bonds is 5. The fourth-order valence-corrected chi connectivity index (χ4v) is 3.27. The number of hydrogen-bond donors (Lipinski definition) is 1. The maximum absolute atomic E-state index is 12.0. The van der Waals surface area contributed by atoms with Crippen molar-refractivity contribution in [2.75, 3.05) is 45.9 Å². The van der Waals surface area contributed by atoms with Crippen LogP contribution in [0.15, 0.2) is 23.2 Å². The van der Waals surface area contributed by atoms with Gasteiger partial charge in [0.1, 0.15) is 0 Å². The highest BCUT2D eigenvalue weighted by Crippen LogP contribution is 2.05. The van der Waals surface area contributed by atoms with Crippen LogP contribution in [0.3, 0.4) is 0 Å². The molecule has 1 aromatic rings. The molecule has 0 unspecified atom stereocenters. The molecule has 5 nitrogen and oxygen atoms in total. The van der Waals surface area contributed by atoms with Crippen LogP contribution in [0.5, 0.6) is 0 Å². The topological polar surface area (TPSA) is 53.9 Å². The second-order valence-electron chi connectivity index (χ2n) is 5.57. The molecule has 2 heterocycles. The van der Waals surface area contributed by atoms with Gasteiger partial charge in [0.25, 0.3) is 0 Å². The van der Waals surface area contributed by atoms with Crippen LogP contribution < -0.4 is 15.9 Å². The van der Waals surface area contributed by atoms with Gasteiger partial charge in [-0.1, -0.05) is 0 Å². The molecule has 0 atom stereocenters. The minimum absolute atomic E-state index is 0.0975. The van der Waals surface area contributed by atoms with Crippen molar-refractivity contribution in [3.05, 3.63) is 32.3 Å². The van der Waals surface area contributed by atoms with Crippen molar-refractivity contribution in [3.63, 3.8) is 0 Å². The fourth-order valence-electron chi connectivity index (χ4n) is 2.78. The summed E-state index contributed by atoms with van der Waals surface area (Å²) in [7, 11) is 0. The molecule has 2 aliphatic heterocycles. The molecule has 22 heavy (non-hydrogen) atoms. The molecule has 1 fully saturated rings. The van der Waals surface area contributed by atoms with Crippen molar-refractivity contribution in [1.82, 2.24) is 10.2 Å². The number of carbonyl (C=O) groups excluding carboxylic acids is 1. The minimum atomic E-state index is 0.0975. The highest BCUT2D eigenvalue weighted by Gasteiger charge is 2.14. The van der Waals surface area contributed by atoms with E-state index in [2.05, 4.69) is 56.0 Å². The van der Waals surface area contributed by atoms with Gasteiger partial charge in [-0.05, 0) is 52.8 Å². The van der Waals surface area contributed by atoms with E-state index in [0.29, 0.717) is 13.1 Å². The molecule has 118 valence electrons. The SMILES string of the molecule is O=C(CN1CCOCC1)NCCC1=c2cc(I)ccc2=NC1. The lowest BCUT2D eigenvalue weighted by atomic mass is 10.1. The zero-order valence-corrected chi connectivity index (χ0v) is 14.6. The first-order chi connectivity index (χ1) is 10.7. The molecule has 1 saturated heterocycles. The van der Waals surface area contributed by atoms with Gasteiger partial charge in [-0.3, -0.25) is 14.7 Å². The van der Waals surface area contributed by atoms with E-state index < -0.39 is 0 Å². The van der Waals surface area contributed by atoms with E-state index in [9.17, 15) is 4.79 Å². The van der Waals surface area contributed by atoms with Crippen LogP contribution in [-0.4, -0.2) is 56.7 Å². The smallest absolute Gasteiger partial charge is 0.234 e. The van der Waals surface area contributed by atoms with Crippen LogP contribution in [0.25, 0.3) is 5.57 Å². The lowest BCUT2D eigenvalue weighted by molar-refractivity contribution is -0.123. The third kappa shape index (κ3) is 4.05. The standard InChI is InChI=1S/C16H20IN3O2/c17-13-1-2-15-14(9-13)12(10-19-15)3-4-18-16(21)11-20-5-7-22-8-6-20/h1-2,9H,3-8,10-11H2,(H,18,21). The van der Waals surface area contributed by atoms with E-state index >= 15 is 0 Å². The van der Waals surface area contributed by atoms with Crippen LogP contribution in [0.4, 0.5) is 0 Å². The lowest BCUT2D eigenvalue weighted by Crippen LogP contribution is -2.43. The normalized spacial score (nSPS) is 18.0. The van der Waals surface area contributed by atoms with Crippen molar-refractivity contribution in [3.8, 4) is 0 Å². The molecule has 0 bridgehead atoms. The second kappa shape index (κ2) is 7.52. The van der Waals surface area contributed by atoms with E-state index in [1.54, 1.807) is 0 Å². The second-order valence-corrected chi connectivity index (χ2v) is 6.82. The van der Waals surface area contributed by atoms with Crippen molar-refractivity contribution >= 4 is 34.1 Å². The molecule has 0 aliphatic carbocycles. The summed E-state index contributed by atoms with van der Waals surface area (Å²) < 4.78 is 6.51. The summed E-state index contributed by atoms with van der Waals surface area (Å²) in [6.07, 6.45) is 0.867. The van der Waals surface area contributed by atoms with Gasteiger partial charge < -0.3 is 10.1 Å². The Morgan fingerprint density at radius 3 is 3.00 bits per heavy atom. The number of halogens is 1. The van der Waals surface area contributed by atoms with Gasteiger partial charge >= 0.3 is 0 Å². The third-order valence-corrected chi connectivity index (χ3v) is 4.67. The number of benzene rings is 1. The summed E-state index contributed by atoms with van der Waals surface area (Å²) in [6, 6.07) is 6.33. The molecular formula is C16H20IN3O2. The minimum Gasteiger partial charge on any atom is -0.379 e. The molecule has 6 heteroatoms. The number of hydrogen-bond acceptors (Lipinski definition) is 4. The van der Waals surface area contributed by atoms with Gasteiger partial charge in [-0.15, -0.1) is 0 Å². The first-order valence-corrected chi connectivity index (χ1v) is 8.69. The predicted molar refractivity (Wildman–Crippen MR) is 93.1 cm³/mol. The number of carbonyl (C=O) groups is 1. The number of morpholine rings is 1. The van der Waals surface area contributed by atoms with Crippen LogP contribution in [0.2, 0.25) is 0 Å². The summed E-state index contributed by atoms with van der Waals surface area (Å²) in [4.78, 5) is 18.6. The lowest BCUT2D eigenvalue weighted by Gasteiger charge is -2.25. The average molecular weight is 413 g/mol. The van der Waals surface area contributed by atoms with E-state index in [0.717, 1.165) is 44.6 Å². The van der Waals surface area contributed by atoms with Gasteiger partial charge in [0.05, 0.1) is 31.7 Å². The fraction of sp³-hybridized carbons (Fsp3) is 0.500. The zero-order chi connectivity index (χ0) is 15.4. The Morgan fingerprint density at radius 2 is 2.18 bits per heavy atom. The van der Waals surface area contributed by atoms with Gasteiger partial charge in [-0.25, -0.2) is 0 Å². The molecular weight excluding hydrogens is 393 g/mol. The Kier molecular flexibility index (Phi) is 5.43.